The van der Waals surface area contributed by atoms with E-state index >= 15 is 0 Å². The Hall–Kier alpha value is -6.07. The second kappa shape index (κ2) is 13.3. The Morgan fingerprint density at radius 3 is 2.21 bits per heavy atom. The van der Waals surface area contributed by atoms with Crippen LogP contribution in [0.4, 0.5) is 0 Å². The molecule has 0 unspecified atom stereocenters. The summed E-state index contributed by atoms with van der Waals surface area (Å²) in [4.78, 5) is 15.4. The number of nitrogens with zero attached hydrogens (tertiary/aromatic N) is 5. The molecule has 5 heterocycles. The van der Waals surface area contributed by atoms with Gasteiger partial charge in [-0.1, -0.05) is 118 Å². The summed E-state index contributed by atoms with van der Waals surface area (Å²) in [5.74, 6) is 0.771. The maximum atomic E-state index is 5.26. The van der Waals surface area contributed by atoms with E-state index in [2.05, 4.69) is 127 Å². The van der Waals surface area contributed by atoms with E-state index in [0.717, 1.165) is 77.8 Å². The standard InChI is InChI=1S/C40H29N5.C3H8/c1-3-14-28(15-4-2)33-24-29(27-16-7-5-8-17-27)25-36(43-33)45-35-22-13-23-41-38(35)37-39-32(26-42-40(37)45)31-20-11-12-21-34(31)44(39)30-18-9-6-10-19-30;1-3-2/h3-26H,1H2,2H3;3H2,1-2H3/b15-4-,28-14+;. The molecule has 0 bridgehead atoms. The maximum Gasteiger partial charge on any atom is 0.150 e. The average molecular weight is 624 g/mol. The number of benzene rings is 3. The van der Waals surface area contributed by atoms with Gasteiger partial charge in [0.15, 0.2) is 5.65 Å². The van der Waals surface area contributed by atoms with Gasteiger partial charge in [-0.3, -0.25) is 9.55 Å². The lowest BCUT2D eigenvalue weighted by atomic mass is 10.0. The largest absolute Gasteiger partial charge is 0.308 e. The van der Waals surface area contributed by atoms with Crippen LogP contribution in [0.1, 0.15) is 32.9 Å². The predicted octanol–water partition coefficient (Wildman–Crippen LogP) is 11.3. The first kappa shape index (κ1) is 30.6. The number of pyridine rings is 3. The van der Waals surface area contributed by atoms with Crippen LogP contribution in [0, 0.1) is 0 Å². The number of para-hydroxylation sites is 2. The molecule has 0 radical (unpaired) electrons. The molecular formula is C43H37N5. The molecule has 3 aromatic carbocycles. The molecular weight excluding hydrogens is 587 g/mol. The number of allylic oxidation sites excluding steroid dienone is 5. The molecule has 8 aromatic rings. The van der Waals surface area contributed by atoms with Gasteiger partial charge in [-0.15, -0.1) is 0 Å². The summed E-state index contributed by atoms with van der Waals surface area (Å²) in [7, 11) is 0. The molecule has 0 saturated carbocycles. The van der Waals surface area contributed by atoms with Crippen LogP contribution in [-0.4, -0.2) is 24.1 Å². The van der Waals surface area contributed by atoms with Crippen LogP contribution < -0.4 is 0 Å². The van der Waals surface area contributed by atoms with Crippen LogP contribution >= 0.6 is 0 Å². The van der Waals surface area contributed by atoms with E-state index in [1.165, 1.54) is 6.42 Å². The Morgan fingerprint density at radius 1 is 0.750 bits per heavy atom. The van der Waals surface area contributed by atoms with E-state index in [-0.39, 0.29) is 0 Å². The fraction of sp³-hybridized carbons (Fsp3) is 0.0930. The zero-order valence-electron chi connectivity index (χ0n) is 27.5. The number of hydrogen-bond acceptors (Lipinski definition) is 3. The van der Waals surface area contributed by atoms with Crippen molar-refractivity contribution in [3.8, 4) is 22.6 Å². The van der Waals surface area contributed by atoms with Crippen LogP contribution in [0.2, 0.25) is 0 Å². The molecule has 0 amide bonds. The molecule has 0 atom stereocenters. The Bertz CT molecular complexity index is 2460. The van der Waals surface area contributed by atoms with Crippen LogP contribution in [0.3, 0.4) is 0 Å². The van der Waals surface area contributed by atoms with Gasteiger partial charge in [0.2, 0.25) is 0 Å². The molecule has 8 rings (SSSR count). The molecule has 0 aliphatic heterocycles. The van der Waals surface area contributed by atoms with Crippen molar-refractivity contribution in [2.75, 3.05) is 0 Å². The van der Waals surface area contributed by atoms with E-state index in [1.54, 1.807) is 6.08 Å². The van der Waals surface area contributed by atoms with Gasteiger partial charge in [0.1, 0.15) is 11.3 Å². The topological polar surface area (TPSA) is 48.5 Å². The quantitative estimate of drug-likeness (QED) is 0.173. The molecule has 0 spiro atoms. The van der Waals surface area contributed by atoms with Crippen molar-refractivity contribution in [1.29, 1.82) is 0 Å². The first-order valence-corrected chi connectivity index (χ1v) is 16.4. The SMILES string of the molecule is C=C/C=C(\C=C/C)c1cc(-c2ccccc2)cc(-n2c3cccnc3c3c2ncc2c4ccccc4n(-c4ccccc4)c23)n1.CCC. The third-order valence-corrected chi connectivity index (χ3v) is 8.27. The van der Waals surface area contributed by atoms with Gasteiger partial charge < -0.3 is 4.57 Å². The zero-order chi connectivity index (χ0) is 33.0. The number of aromatic nitrogens is 5. The molecule has 0 fully saturated rings. The van der Waals surface area contributed by atoms with E-state index < -0.39 is 0 Å². The van der Waals surface area contributed by atoms with Crippen molar-refractivity contribution < 1.29 is 0 Å². The van der Waals surface area contributed by atoms with Gasteiger partial charge >= 0.3 is 0 Å². The summed E-state index contributed by atoms with van der Waals surface area (Å²) in [6.45, 7) is 10.2. The monoisotopic (exact) mass is 623 g/mol. The zero-order valence-corrected chi connectivity index (χ0v) is 27.5. The second-order valence-electron chi connectivity index (χ2n) is 11.6. The van der Waals surface area contributed by atoms with Crippen molar-refractivity contribution >= 4 is 49.4 Å². The third-order valence-electron chi connectivity index (χ3n) is 8.27. The third kappa shape index (κ3) is 5.29. The minimum absolute atomic E-state index is 0.771. The molecule has 5 aromatic heterocycles. The fourth-order valence-electron chi connectivity index (χ4n) is 6.40. The molecule has 5 nitrogen and oxygen atoms in total. The summed E-state index contributed by atoms with van der Waals surface area (Å²) < 4.78 is 4.49. The Kier molecular flexibility index (Phi) is 8.50. The Labute approximate surface area is 280 Å². The van der Waals surface area contributed by atoms with Gasteiger partial charge in [-0.05, 0) is 66.1 Å². The molecule has 0 N–H and O–H groups in total. The first-order valence-electron chi connectivity index (χ1n) is 16.4. The molecule has 0 aliphatic carbocycles. The predicted molar refractivity (Wildman–Crippen MR) is 203 cm³/mol. The molecule has 0 aliphatic rings. The second-order valence-corrected chi connectivity index (χ2v) is 11.6. The fourth-order valence-corrected chi connectivity index (χ4v) is 6.40. The highest BCUT2D eigenvalue weighted by atomic mass is 15.1. The number of hydrogen-bond donors (Lipinski definition) is 0. The summed E-state index contributed by atoms with van der Waals surface area (Å²) >= 11 is 0. The first-order chi connectivity index (χ1) is 23.7. The maximum absolute atomic E-state index is 5.26. The highest BCUT2D eigenvalue weighted by molar-refractivity contribution is 6.24. The van der Waals surface area contributed by atoms with E-state index in [4.69, 9.17) is 15.0 Å². The molecule has 0 saturated heterocycles. The van der Waals surface area contributed by atoms with Gasteiger partial charge in [0, 0.05) is 28.9 Å². The Morgan fingerprint density at radius 2 is 1.46 bits per heavy atom. The minimum atomic E-state index is 0.771. The van der Waals surface area contributed by atoms with Crippen LogP contribution in [-0.2, 0) is 0 Å². The van der Waals surface area contributed by atoms with Crippen molar-refractivity contribution in [3.63, 3.8) is 0 Å². The summed E-state index contributed by atoms with van der Waals surface area (Å²) in [6, 6.07) is 37.8. The molecule has 5 heteroatoms. The molecule has 234 valence electrons. The van der Waals surface area contributed by atoms with Gasteiger partial charge in [-0.2, -0.15) is 0 Å². The summed E-state index contributed by atoms with van der Waals surface area (Å²) in [5.41, 5.74) is 9.93. The van der Waals surface area contributed by atoms with Crippen molar-refractivity contribution in [1.82, 2.24) is 24.1 Å². The van der Waals surface area contributed by atoms with Crippen molar-refractivity contribution in [2.45, 2.75) is 27.2 Å². The minimum Gasteiger partial charge on any atom is -0.308 e. The average Bonchev–Trinajstić information content (AvgIpc) is 3.65. The highest BCUT2D eigenvalue weighted by Crippen LogP contribution is 2.40. The number of rotatable bonds is 6. The lowest BCUT2D eigenvalue weighted by Gasteiger charge is -2.13. The lowest BCUT2D eigenvalue weighted by molar-refractivity contribution is 1.05. The van der Waals surface area contributed by atoms with Crippen LogP contribution in [0.25, 0.3) is 72.1 Å². The van der Waals surface area contributed by atoms with Crippen molar-refractivity contribution in [3.05, 3.63) is 158 Å². The highest BCUT2D eigenvalue weighted by Gasteiger charge is 2.23. The Balaban J connectivity index is 0.00000117. The van der Waals surface area contributed by atoms with Crippen LogP contribution in [0.5, 0.6) is 0 Å². The normalized spacial score (nSPS) is 11.9. The van der Waals surface area contributed by atoms with Gasteiger partial charge in [0.25, 0.3) is 0 Å². The smallest absolute Gasteiger partial charge is 0.150 e. The molecule has 48 heavy (non-hydrogen) atoms. The summed E-state index contributed by atoms with van der Waals surface area (Å²) in [5, 5.41) is 3.23. The van der Waals surface area contributed by atoms with Gasteiger partial charge in [0.05, 0.1) is 27.6 Å². The van der Waals surface area contributed by atoms with Gasteiger partial charge in [-0.25, -0.2) is 9.97 Å². The summed E-state index contributed by atoms with van der Waals surface area (Å²) in [6.07, 6.45) is 13.0. The number of fused-ring (bicyclic) bond motifs is 7. The lowest BCUT2D eigenvalue weighted by Crippen LogP contribution is -2.02. The van der Waals surface area contributed by atoms with E-state index in [1.807, 2.05) is 49.7 Å². The van der Waals surface area contributed by atoms with Crippen molar-refractivity contribution in [2.24, 2.45) is 0 Å². The van der Waals surface area contributed by atoms with E-state index in [0.29, 0.717) is 0 Å². The van der Waals surface area contributed by atoms with Crippen LogP contribution in [0.15, 0.2) is 152 Å². The van der Waals surface area contributed by atoms with E-state index in [9.17, 15) is 0 Å².